The van der Waals surface area contributed by atoms with Crippen molar-refractivity contribution in [3.05, 3.63) is 29.3 Å². The first-order valence-corrected chi connectivity index (χ1v) is 6.44. The van der Waals surface area contributed by atoms with Crippen molar-refractivity contribution in [2.75, 3.05) is 12.8 Å². The van der Waals surface area contributed by atoms with Crippen molar-refractivity contribution in [1.82, 2.24) is 5.32 Å². The average molecular weight is 239 g/mol. The predicted molar refractivity (Wildman–Crippen MR) is 68.2 cm³/mol. The molecule has 1 aromatic rings. The van der Waals surface area contributed by atoms with Gasteiger partial charge in [-0.25, -0.2) is 0 Å². The van der Waals surface area contributed by atoms with E-state index in [9.17, 15) is 9.90 Å². The van der Waals surface area contributed by atoms with Gasteiger partial charge in [-0.2, -0.15) is 11.8 Å². The highest BCUT2D eigenvalue weighted by atomic mass is 32.2. The monoisotopic (exact) mass is 239 g/mol. The van der Waals surface area contributed by atoms with Crippen molar-refractivity contribution in [3.63, 3.8) is 0 Å². The molecule has 2 N–H and O–H groups in total. The van der Waals surface area contributed by atoms with Gasteiger partial charge in [0.05, 0.1) is 0 Å². The fraction of sp³-hybridized carbons (Fsp3) is 0.417. The minimum atomic E-state index is -0.0848. The zero-order valence-electron chi connectivity index (χ0n) is 9.78. The maximum atomic E-state index is 11.8. The molecule has 1 amide bonds. The Morgan fingerprint density at radius 1 is 1.56 bits per heavy atom. The number of benzene rings is 1. The van der Waals surface area contributed by atoms with Crippen LogP contribution in [0, 0.1) is 6.92 Å². The van der Waals surface area contributed by atoms with Crippen LogP contribution >= 0.6 is 11.8 Å². The molecule has 4 heteroatoms. The molecular weight excluding hydrogens is 222 g/mol. The largest absolute Gasteiger partial charge is 0.508 e. The second kappa shape index (κ2) is 5.80. The number of aryl methyl sites for hydroxylation is 1. The number of phenols is 1. The Hall–Kier alpha value is -1.16. The molecular formula is C12H17NO2S. The predicted octanol–water partition coefficient (Wildman–Crippen LogP) is 2.18. The van der Waals surface area contributed by atoms with Crippen LogP contribution in [0.3, 0.4) is 0 Å². The summed E-state index contributed by atoms with van der Waals surface area (Å²) in [6, 6.07) is 4.76. The Morgan fingerprint density at radius 3 is 2.81 bits per heavy atom. The standard InChI is InChI=1S/C12H17NO2S/c1-8-6-10(14)4-5-11(8)12(15)13-7-9(2)16-3/h4-6,9,14H,7H2,1-3H3,(H,13,15). The van der Waals surface area contributed by atoms with E-state index in [0.29, 0.717) is 17.4 Å². The molecule has 0 radical (unpaired) electrons. The van der Waals surface area contributed by atoms with Crippen LogP contribution in [-0.2, 0) is 0 Å². The number of carbonyl (C=O) groups excluding carboxylic acids is 1. The first-order chi connectivity index (χ1) is 7.54. The third-order valence-electron chi connectivity index (χ3n) is 2.41. The second-order valence-electron chi connectivity index (χ2n) is 3.76. The van der Waals surface area contributed by atoms with Crippen LogP contribution in [0.15, 0.2) is 18.2 Å². The molecule has 1 unspecified atom stereocenters. The summed E-state index contributed by atoms with van der Waals surface area (Å²) in [5.74, 6) is 0.102. The molecule has 0 aliphatic rings. The third-order valence-corrected chi connectivity index (χ3v) is 3.38. The summed E-state index contributed by atoms with van der Waals surface area (Å²) in [6.07, 6.45) is 2.02. The Bertz CT molecular complexity index is 379. The van der Waals surface area contributed by atoms with Crippen LogP contribution in [0.25, 0.3) is 0 Å². The number of phenolic OH excluding ortho intramolecular Hbond substituents is 1. The van der Waals surface area contributed by atoms with Crippen molar-refractivity contribution < 1.29 is 9.90 Å². The minimum Gasteiger partial charge on any atom is -0.508 e. The van der Waals surface area contributed by atoms with Crippen molar-refractivity contribution in [2.45, 2.75) is 19.1 Å². The van der Waals surface area contributed by atoms with E-state index in [2.05, 4.69) is 12.2 Å². The van der Waals surface area contributed by atoms with Gasteiger partial charge in [0.1, 0.15) is 5.75 Å². The molecule has 0 fully saturated rings. The van der Waals surface area contributed by atoms with Crippen molar-refractivity contribution >= 4 is 17.7 Å². The molecule has 0 aliphatic heterocycles. The number of hydrogen-bond donors (Lipinski definition) is 2. The number of amides is 1. The number of aromatic hydroxyl groups is 1. The molecule has 1 aromatic carbocycles. The van der Waals surface area contributed by atoms with E-state index in [1.165, 1.54) is 6.07 Å². The van der Waals surface area contributed by atoms with Crippen LogP contribution in [0.2, 0.25) is 0 Å². The van der Waals surface area contributed by atoms with Gasteiger partial charge in [0, 0.05) is 17.4 Å². The fourth-order valence-corrected chi connectivity index (χ4v) is 1.57. The van der Waals surface area contributed by atoms with Gasteiger partial charge in [0.2, 0.25) is 0 Å². The molecule has 0 bridgehead atoms. The van der Waals surface area contributed by atoms with Crippen LogP contribution in [-0.4, -0.2) is 29.1 Å². The molecule has 0 heterocycles. The summed E-state index contributed by atoms with van der Waals surface area (Å²) < 4.78 is 0. The summed E-state index contributed by atoms with van der Waals surface area (Å²) in [6.45, 7) is 4.53. The number of rotatable bonds is 4. The van der Waals surface area contributed by atoms with Crippen LogP contribution in [0.1, 0.15) is 22.8 Å². The highest BCUT2D eigenvalue weighted by Gasteiger charge is 2.10. The normalized spacial score (nSPS) is 12.2. The Balaban J connectivity index is 2.66. The van der Waals surface area contributed by atoms with Crippen molar-refractivity contribution in [1.29, 1.82) is 0 Å². The van der Waals surface area contributed by atoms with Gasteiger partial charge in [-0.1, -0.05) is 6.92 Å². The van der Waals surface area contributed by atoms with Gasteiger partial charge >= 0.3 is 0 Å². The molecule has 16 heavy (non-hydrogen) atoms. The quantitative estimate of drug-likeness (QED) is 0.846. The highest BCUT2D eigenvalue weighted by Crippen LogP contribution is 2.15. The number of hydrogen-bond acceptors (Lipinski definition) is 3. The van der Waals surface area contributed by atoms with E-state index in [-0.39, 0.29) is 11.7 Å². The van der Waals surface area contributed by atoms with E-state index in [0.717, 1.165) is 5.56 Å². The van der Waals surface area contributed by atoms with E-state index < -0.39 is 0 Å². The summed E-state index contributed by atoms with van der Waals surface area (Å²) in [7, 11) is 0. The van der Waals surface area contributed by atoms with Gasteiger partial charge in [0.15, 0.2) is 0 Å². The Labute approximate surface area is 100 Å². The maximum Gasteiger partial charge on any atom is 0.251 e. The number of thioether (sulfide) groups is 1. The Morgan fingerprint density at radius 2 is 2.25 bits per heavy atom. The molecule has 0 aromatic heterocycles. The second-order valence-corrected chi connectivity index (χ2v) is 5.03. The fourth-order valence-electron chi connectivity index (χ4n) is 1.32. The summed E-state index contributed by atoms with van der Waals surface area (Å²) in [5.41, 5.74) is 1.40. The molecule has 1 atom stereocenters. The van der Waals surface area contributed by atoms with Crippen molar-refractivity contribution in [2.24, 2.45) is 0 Å². The minimum absolute atomic E-state index is 0.0848. The maximum absolute atomic E-state index is 11.8. The molecule has 1 rings (SSSR count). The van der Waals surface area contributed by atoms with Crippen molar-refractivity contribution in [3.8, 4) is 5.75 Å². The molecule has 0 saturated heterocycles. The number of nitrogens with one attached hydrogen (secondary N) is 1. The molecule has 3 nitrogen and oxygen atoms in total. The zero-order chi connectivity index (χ0) is 12.1. The smallest absolute Gasteiger partial charge is 0.251 e. The summed E-state index contributed by atoms with van der Waals surface area (Å²) in [4.78, 5) is 11.8. The SMILES string of the molecule is CSC(C)CNC(=O)c1ccc(O)cc1C. The van der Waals surface area contributed by atoms with E-state index in [1.54, 1.807) is 23.9 Å². The first-order valence-electron chi connectivity index (χ1n) is 5.15. The first kappa shape index (κ1) is 12.9. The lowest BCUT2D eigenvalue weighted by Gasteiger charge is -2.11. The van der Waals surface area contributed by atoms with Gasteiger partial charge in [-0.05, 0) is 36.9 Å². The topological polar surface area (TPSA) is 49.3 Å². The van der Waals surface area contributed by atoms with Crippen LogP contribution in [0.4, 0.5) is 0 Å². The van der Waals surface area contributed by atoms with E-state index in [1.807, 2.05) is 13.2 Å². The number of carbonyl (C=O) groups is 1. The van der Waals surface area contributed by atoms with Crippen LogP contribution in [0.5, 0.6) is 5.75 Å². The lowest BCUT2D eigenvalue weighted by atomic mass is 10.1. The molecule has 88 valence electrons. The highest BCUT2D eigenvalue weighted by molar-refractivity contribution is 7.99. The van der Waals surface area contributed by atoms with Crippen LogP contribution < -0.4 is 5.32 Å². The third kappa shape index (κ3) is 3.45. The summed E-state index contributed by atoms with van der Waals surface area (Å²) in [5, 5.41) is 12.5. The van der Waals surface area contributed by atoms with E-state index in [4.69, 9.17) is 0 Å². The van der Waals surface area contributed by atoms with Gasteiger partial charge in [0.25, 0.3) is 5.91 Å². The zero-order valence-corrected chi connectivity index (χ0v) is 10.6. The van der Waals surface area contributed by atoms with Gasteiger partial charge in [-0.3, -0.25) is 4.79 Å². The Kier molecular flexibility index (Phi) is 4.68. The molecule has 0 saturated carbocycles. The lowest BCUT2D eigenvalue weighted by Crippen LogP contribution is -2.29. The molecule has 0 spiro atoms. The lowest BCUT2D eigenvalue weighted by molar-refractivity contribution is 0.0953. The van der Waals surface area contributed by atoms with Gasteiger partial charge in [-0.15, -0.1) is 0 Å². The van der Waals surface area contributed by atoms with E-state index >= 15 is 0 Å². The van der Waals surface area contributed by atoms with Gasteiger partial charge < -0.3 is 10.4 Å². The average Bonchev–Trinajstić information content (AvgIpc) is 2.25. The summed E-state index contributed by atoms with van der Waals surface area (Å²) >= 11 is 1.71. The molecule has 0 aliphatic carbocycles.